The molecule has 1 aromatic carbocycles. The average molecular weight is 323 g/mol. The number of anilines is 1. The molecule has 2 aromatic rings. The van der Waals surface area contributed by atoms with Crippen molar-refractivity contribution >= 4 is 27.5 Å². The summed E-state index contributed by atoms with van der Waals surface area (Å²) in [6.07, 6.45) is 0. The molecular formula is C13H11BrN2O3. The summed E-state index contributed by atoms with van der Waals surface area (Å²) in [5, 5.41) is 11.9. The highest BCUT2D eigenvalue weighted by molar-refractivity contribution is 9.10. The second-order valence-electron chi connectivity index (χ2n) is 4.01. The lowest BCUT2D eigenvalue weighted by molar-refractivity contribution is 0.102. The molecule has 3 N–H and O–H groups in total. The number of nitrogens with one attached hydrogen (secondary N) is 2. The van der Waals surface area contributed by atoms with Crippen molar-refractivity contribution in [3.63, 3.8) is 0 Å². The van der Waals surface area contributed by atoms with Crippen LogP contribution in [0.2, 0.25) is 0 Å². The first-order valence-electron chi connectivity index (χ1n) is 5.47. The molecule has 19 heavy (non-hydrogen) atoms. The zero-order valence-electron chi connectivity index (χ0n) is 10.0. The summed E-state index contributed by atoms with van der Waals surface area (Å²) in [5.74, 6) is -0.811. The number of aryl methyl sites for hydroxylation is 1. The molecule has 0 bridgehead atoms. The SMILES string of the molecule is Cc1cccc(NC(=O)c2cc(O)[nH]c(=O)c2)c1Br. The molecule has 0 fully saturated rings. The van der Waals surface area contributed by atoms with Crippen LogP contribution in [0.25, 0.3) is 0 Å². The number of carbonyl (C=O) groups is 1. The van der Waals surface area contributed by atoms with Crippen LogP contribution in [-0.2, 0) is 0 Å². The quantitative estimate of drug-likeness (QED) is 0.794. The van der Waals surface area contributed by atoms with Gasteiger partial charge in [0.05, 0.1) is 11.3 Å². The smallest absolute Gasteiger partial charge is 0.256 e. The third-order valence-corrected chi connectivity index (χ3v) is 3.58. The molecule has 0 aliphatic rings. The second kappa shape index (κ2) is 5.27. The molecule has 0 saturated carbocycles. The summed E-state index contributed by atoms with van der Waals surface area (Å²) in [6, 6.07) is 7.77. The van der Waals surface area contributed by atoms with E-state index in [4.69, 9.17) is 0 Å². The van der Waals surface area contributed by atoms with E-state index in [-0.39, 0.29) is 11.4 Å². The number of hydrogen-bond acceptors (Lipinski definition) is 3. The maximum atomic E-state index is 12.0. The van der Waals surface area contributed by atoms with E-state index < -0.39 is 11.5 Å². The van der Waals surface area contributed by atoms with Gasteiger partial charge in [0.25, 0.3) is 11.5 Å². The maximum absolute atomic E-state index is 12.0. The number of aromatic amines is 1. The summed E-state index contributed by atoms with van der Waals surface area (Å²) in [7, 11) is 0. The van der Waals surface area contributed by atoms with Crippen molar-refractivity contribution in [2.24, 2.45) is 0 Å². The number of amides is 1. The Morgan fingerprint density at radius 3 is 2.79 bits per heavy atom. The number of carbonyl (C=O) groups excluding carboxylic acids is 1. The first-order valence-corrected chi connectivity index (χ1v) is 6.26. The van der Waals surface area contributed by atoms with Crippen LogP contribution in [-0.4, -0.2) is 16.0 Å². The van der Waals surface area contributed by atoms with Crippen LogP contribution >= 0.6 is 15.9 Å². The lowest BCUT2D eigenvalue weighted by Crippen LogP contribution is -2.16. The van der Waals surface area contributed by atoms with Crippen LogP contribution in [0.3, 0.4) is 0 Å². The van der Waals surface area contributed by atoms with Crippen molar-refractivity contribution in [1.82, 2.24) is 4.98 Å². The molecule has 6 heteroatoms. The Hall–Kier alpha value is -2.08. The normalized spacial score (nSPS) is 10.2. The number of hydrogen-bond donors (Lipinski definition) is 3. The molecule has 1 amide bonds. The van der Waals surface area contributed by atoms with Gasteiger partial charge in [0.15, 0.2) is 5.88 Å². The molecule has 0 aliphatic carbocycles. The molecule has 5 nitrogen and oxygen atoms in total. The first-order chi connectivity index (χ1) is 8.97. The average Bonchev–Trinajstić information content (AvgIpc) is 2.33. The molecule has 1 aromatic heterocycles. The predicted molar refractivity (Wildman–Crippen MR) is 75.6 cm³/mol. The van der Waals surface area contributed by atoms with Crippen molar-refractivity contribution in [1.29, 1.82) is 0 Å². The topological polar surface area (TPSA) is 82.2 Å². The Kier molecular flexibility index (Phi) is 3.71. The Morgan fingerprint density at radius 1 is 1.37 bits per heavy atom. The number of aromatic hydroxyl groups is 1. The van der Waals surface area contributed by atoms with Crippen LogP contribution in [0.4, 0.5) is 5.69 Å². The van der Waals surface area contributed by atoms with E-state index in [0.717, 1.165) is 16.1 Å². The highest BCUT2D eigenvalue weighted by atomic mass is 79.9. The minimum Gasteiger partial charge on any atom is -0.494 e. The van der Waals surface area contributed by atoms with E-state index >= 15 is 0 Å². The largest absolute Gasteiger partial charge is 0.494 e. The Labute approximate surface area is 117 Å². The summed E-state index contributed by atoms with van der Waals surface area (Å²) >= 11 is 3.38. The first kappa shape index (κ1) is 13.4. The molecular weight excluding hydrogens is 312 g/mol. The third kappa shape index (κ3) is 3.03. The summed E-state index contributed by atoms with van der Waals surface area (Å²) in [5.41, 5.74) is 1.14. The minimum absolute atomic E-state index is 0.0923. The molecule has 0 spiro atoms. The molecule has 0 aliphatic heterocycles. The van der Waals surface area contributed by atoms with Gasteiger partial charge < -0.3 is 10.4 Å². The van der Waals surface area contributed by atoms with Gasteiger partial charge in [-0.3, -0.25) is 14.6 Å². The van der Waals surface area contributed by atoms with E-state index in [1.165, 1.54) is 6.07 Å². The molecule has 0 unspecified atom stereocenters. The van der Waals surface area contributed by atoms with Gasteiger partial charge in [0.2, 0.25) is 0 Å². The predicted octanol–water partition coefficient (Wildman–Crippen LogP) is 2.40. The van der Waals surface area contributed by atoms with Crippen molar-refractivity contribution in [3.8, 4) is 5.88 Å². The van der Waals surface area contributed by atoms with Crippen LogP contribution in [0.1, 0.15) is 15.9 Å². The zero-order chi connectivity index (χ0) is 14.0. The summed E-state index contributed by atoms with van der Waals surface area (Å²) < 4.78 is 0.775. The zero-order valence-corrected chi connectivity index (χ0v) is 11.6. The van der Waals surface area contributed by atoms with Gasteiger partial charge in [-0.05, 0) is 34.5 Å². The van der Waals surface area contributed by atoms with Crippen molar-refractivity contribution in [2.75, 3.05) is 5.32 Å². The van der Waals surface area contributed by atoms with Crippen molar-refractivity contribution in [3.05, 3.63) is 56.3 Å². The van der Waals surface area contributed by atoms with Crippen LogP contribution < -0.4 is 10.9 Å². The van der Waals surface area contributed by atoms with Crippen molar-refractivity contribution in [2.45, 2.75) is 6.92 Å². The Bertz CT molecular complexity index is 695. The number of halogens is 1. The van der Waals surface area contributed by atoms with E-state index in [1.54, 1.807) is 6.07 Å². The lowest BCUT2D eigenvalue weighted by Gasteiger charge is -2.09. The fourth-order valence-corrected chi connectivity index (χ4v) is 1.96. The number of rotatable bonds is 2. The molecule has 98 valence electrons. The highest BCUT2D eigenvalue weighted by Crippen LogP contribution is 2.26. The molecule has 2 rings (SSSR count). The molecule has 1 heterocycles. The number of aromatic nitrogens is 1. The minimum atomic E-state index is -0.534. The van der Waals surface area contributed by atoms with Gasteiger partial charge in [-0.2, -0.15) is 0 Å². The Morgan fingerprint density at radius 2 is 2.11 bits per heavy atom. The number of H-pyrrole nitrogens is 1. The number of pyridine rings is 1. The lowest BCUT2D eigenvalue weighted by atomic mass is 10.2. The van der Waals surface area contributed by atoms with Gasteiger partial charge in [-0.15, -0.1) is 0 Å². The molecule has 0 radical (unpaired) electrons. The van der Waals surface area contributed by atoms with Gasteiger partial charge in [0.1, 0.15) is 0 Å². The fraction of sp³-hybridized carbons (Fsp3) is 0.0769. The van der Waals surface area contributed by atoms with Gasteiger partial charge in [-0.25, -0.2) is 0 Å². The van der Waals surface area contributed by atoms with E-state index in [1.807, 2.05) is 19.1 Å². The third-order valence-electron chi connectivity index (χ3n) is 2.53. The van der Waals surface area contributed by atoms with Crippen molar-refractivity contribution < 1.29 is 9.90 Å². The van der Waals surface area contributed by atoms with Crippen LogP contribution in [0, 0.1) is 6.92 Å². The van der Waals surface area contributed by atoms with Gasteiger partial charge in [0, 0.05) is 16.6 Å². The standard InChI is InChI=1S/C13H11BrN2O3/c1-7-3-2-4-9(12(7)14)15-13(19)8-5-10(17)16-11(18)6-8/h2-6H,1H3,(H,15,19)(H2,16,17,18). The fourth-order valence-electron chi connectivity index (χ4n) is 1.60. The van der Waals surface area contributed by atoms with E-state index in [2.05, 4.69) is 26.2 Å². The van der Waals surface area contributed by atoms with E-state index in [0.29, 0.717) is 5.69 Å². The van der Waals surface area contributed by atoms with Gasteiger partial charge >= 0.3 is 0 Å². The Balaban J connectivity index is 2.31. The van der Waals surface area contributed by atoms with Gasteiger partial charge in [-0.1, -0.05) is 12.1 Å². The monoisotopic (exact) mass is 322 g/mol. The van der Waals surface area contributed by atoms with Crippen LogP contribution in [0.5, 0.6) is 5.88 Å². The molecule has 0 atom stereocenters. The summed E-state index contributed by atoms with van der Waals surface area (Å²) in [6.45, 7) is 1.90. The second-order valence-corrected chi connectivity index (χ2v) is 4.80. The summed E-state index contributed by atoms with van der Waals surface area (Å²) in [4.78, 5) is 25.3. The maximum Gasteiger partial charge on any atom is 0.256 e. The molecule has 0 saturated heterocycles. The van der Waals surface area contributed by atoms with E-state index in [9.17, 15) is 14.7 Å². The highest BCUT2D eigenvalue weighted by Gasteiger charge is 2.11. The number of benzene rings is 1. The van der Waals surface area contributed by atoms with Crippen LogP contribution in [0.15, 0.2) is 39.6 Å².